The number of hydrogen-bond acceptors (Lipinski definition) is 1. The van der Waals surface area contributed by atoms with E-state index in [0.29, 0.717) is 11.4 Å². The number of hydrogen-bond donors (Lipinski definition) is 1. The van der Waals surface area contributed by atoms with Crippen molar-refractivity contribution in [3.05, 3.63) is 34.9 Å². The van der Waals surface area contributed by atoms with Gasteiger partial charge in [-0.3, -0.25) is 0 Å². The minimum absolute atomic E-state index is 0.195. The highest BCUT2D eigenvalue weighted by Crippen LogP contribution is 2.36. The second-order valence-corrected chi connectivity index (χ2v) is 4.40. The molecule has 2 rings (SSSR count). The van der Waals surface area contributed by atoms with Gasteiger partial charge >= 0.3 is 0 Å². The molecule has 1 aromatic rings. The number of rotatable bonds is 1. The predicted octanol–water partition coefficient (Wildman–Crippen LogP) is 3.10. The predicted molar refractivity (Wildman–Crippen MR) is 56.3 cm³/mol. The molecule has 0 spiro atoms. The second kappa shape index (κ2) is 3.52. The van der Waals surface area contributed by atoms with Gasteiger partial charge in [0.15, 0.2) is 0 Å². The average molecular weight is 214 g/mol. The summed E-state index contributed by atoms with van der Waals surface area (Å²) in [6.07, 6.45) is 0.570. The van der Waals surface area contributed by atoms with Crippen LogP contribution in [0.4, 0.5) is 4.39 Å². The van der Waals surface area contributed by atoms with E-state index in [1.54, 1.807) is 19.1 Å². The van der Waals surface area contributed by atoms with Gasteiger partial charge in [0.05, 0.1) is 6.04 Å². The molecule has 1 saturated heterocycles. The van der Waals surface area contributed by atoms with Gasteiger partial charge in [-0.05, 0) is 37.6 Å². The monoisotopic (exact) mass is 213 g/mol. The topological polar surface area (TPSA) is 12.0 Å². The lowest BCUT2D eigenvalue weighted by atomic mass is 9.93. The van der Waals surface area contributed by atoms with E-state index in [2.05, 4.69) is 5.32 Å². The summed E-state index contributed by atoms with van der Waals surface area (Å²) in [7, 11) is 0. The molecule has 2 unspecified atom stereocenters. The molecule has 2 atom stereocenters. The van der Waals surface area contributed by atoms with E-state index in [1.165, 1.54) is 0 Å². The molecule has 1 aliphatic rings. The fraction of sp³-hybridized carbons (Fsp3) is 0.455. The highest BCUT2D eigenvalue weighted by molar-refractivity contribution is 6.30. The van der Waals surface area contributed by atoms with Crippen molar-refractivity contribution in [3.63, 3.8) is 0 Å². The Kier molecular flexibility index (Phi) is 2.50. The Morgan fingerprint density at radius 3 is 2.57 bits per heavy atom. The summed E-state index contributed by atoms with van der Waals surface area (Å²) in [5.41, 5.74) is -0.176. The van der Waals surface area contributed by atoms with Crippen LogP contribution in [0.3, 0.4) is 0 Å². The summed E-state index contributed by atoms with van der Waals surface area (Å²) in [4.78, 5) is 0. The van der Waals surface area contributed by atoms with Gasteiger partial charge in [-0.2, -0.15) is 0 Å². The SMILES string of the molecule is CC1(F)CCNC1c1ccc(Cl)cc1. The minimum atomic E-state index is -1.15. The molecule has 1 N–H and O–H groups in total. The zero-order valence-corrected chi connectivity index (χ0v) is 8.81. The Morgan fingerprint density at radius 1 is 1.43 bits per heavy atom. The molecular formula is C11H13ClFN. The van der Waals surface area contributed by atoms with Gasteiger partial charge in [-0.15, -0.1) is 0 Å². The third kappa shape index (κ3) is 1.77. The third-order valence-corrected chi connectivity index (χ3v) is 3.02. The van der Waals surface area contributed by atoms with E-state index in [-0.39, 0.29) is 6.04 Å². The van der Waals surface area contributed by atoms with Gasteiger partial charge < -0.3 is 5.32 Å². The van der Waals surface area contributed by atoms with Gasteiger partial charge in [-0.25, -0.2) is 4.39 Å². The smallest absolute Gasteiger partial charge is 0.128 e. The number of halogens is 2. The number of benzene rings is 1. The van der Waals surface area contributed by atoms with Crippen LogP contribution in [-0.2, 0) is 0 Å². The first-order valence-corrected chi connectivity index (χ1v) is 5.15. The largest absolute Gasteiger partial charge is 0.307 e. The average Bonchev–Trinajstić information content (AvgIpc) is 2.47. The molecule has 76 valence electrons. The Hall–Kier alpha value is -0.600. The molecule has 0 aromatic heterocycles. The van der Waals surface area contributed by atoms with E-state index in [4.69, 9.17) is 11.6 Å². The zero-order valence-electron chi connectivity index (χ0n) is 8.06. The number of alkyl halides is 1. The molecule has 1 aromatic carbocycles. The van der Waals surface area contributed by atoms with Crippen molar-refractivity contribution in [3.8, 4) is 0 Å². The van der Waals surface area contributed by atoms with E-state index in [9.17, 15) is 4.39 Å². The van der Waals surface area contributed by atoms with Gasteiger partial charge in [0.2, 0.25) is 0 Å². The summed E-state index contributed by atoms with van der Waals surface area (Å²) in [5.74, 6) is 0. The molecular weight excluding hydrogens is 201 g/mol. The van der Waals surface area contributed by atoms with Crippen LogP contribution < -0.4 is 5.32 Å². The minimum Gasteiger partial charge on any atom is -0.307 e. The van der Waals surface area contributed by atoms with Crippen molar-refractivity contribution in [2.24, 2.45) is 0 Å². The highest BCUT2D eigenvalue weighted by atomic mass is 35.5. The molecule has 1 heterocycles. The molecule has 14 heavy (non-hydrogen) atoms. The molecule has 0 amide bonds. The van der Waals surface area contributed by atoms with Crippen molar-refractivity contribution in [1.82, 2.24) is 5.32 Å². The van der Waals surface area contributed by atoms with Gasteiger partial charge in [0.1, 0.15) is 5.67 Å². The molecule has 3 heteroatoms. The van der Waals surface area contributed by atoms with E-state index in [1.807, 2.05) is 12.1 Å². The second-order valence-electron chi connectivity index (χ2n) is 3.97. The summed E-state index contributed by atoms with van der Waals surface area (Å²) in [6.45, 7) is 2.38. The first kappa shape index (κ1) is 9.94. The van der Waals surface area contributed by atoms with Crippen molar-refractivity contribution < 1.29 is 4.39 Å². The molecule has 1 nitrogen and oxygen atoms in total. The molecule has 0 saturated carbocycles. The fourth-order valence-electron chi connectivity index (χ4n) is 1.94. The first-order chi connectivity index (χ1) is 6.59. The quantitative estimate of drug-likeness (QED) is 0.756. The summed E-state index contributed by atoms with van der Waals surface area (Å²) in [5, 5.41) is 3.85. The molecule has 0 bridgehead atoms. The normalized spacial score (nSPS) is 32.1. The van der Waals surface area contributed by atoms with Gasteiger partial charge in [-0.1, -0.05) is 23.7 Å². The number of nitrogens with one attached hydrogen (secondary N) is 1. The van der Waals surface area contributed by atoms with Crippen LogP contribution >= 0.6 is 11.6 Å². The molecule has 1 aliphatic heterocycles. The van der Waals surface area contributed by atoms with Crippen LogP contribution in [0.15, 0.2) is 24.3 Å². The third-order valence-electron chi connectivity index (χ3n) is 2.77. The van der Waals surface area contributed by atoms with Gasteiger partial charge in [0, 0.05) is 5.02 Å². The maximum atomic E-state index is 14.0. The molecule has 1 fully saturated rings. The molecule has 0 aliphatic carbocycles. The maximum absolute atomic E-state index is 14.0. The summed E-state index contributed by atoms with van der Waals surface area (Å²) in [6, 6.07) is 7.16. The van der Waals surface area contributed by atoms with E-state index in [0.717, 1.165) is 12.1 Å². The summed E-state index contributed by atoms with van der Waals surface area (Å²) >= 11 is 5.78. The maximum Gasteiger partial charge on any atom is 0.128 e. The van der Waals surface area contributed by atoms with Crippen LogP contribution in [0.2, 0.25) is 5.02 Å². The van der Waals surface area contributed by atoms with Crippen LogP contribution in [0.1, 0.15) is 24.9 Å². The zero-order chi connectivity index (χ0) is 10.2. The Balaban J connectivity index is 2.27. The van der Waals surface area contributed by atoms with Crippen molar-refractivity contribution >= 4 is 11.6 Å². The molecule has 0 radical (unpaired) electrons. The van der Waals surface area contributed by atoms with Crippen LogP contribution in [-0.4, -0.2) is 12.2 Å². The van der Waals surface area contributed by atoms with E-state index >= 15 is 0 Å². The van der Waals surface area contributed by atoms with Crippen LogP contribution in [0.5, 0.6) is 0 Å². The highest BCUT2D eigenvalue weighted by Gasteiger charge is 2.39. The fourth-order valence-corrected chi connectivity index (χ4v) is 2.06. The Labute approximate surface area is 88.3 Å². The Morgan fingerprint density at radius 2 is 2.07 bits per heavy atom. The van der Waals surface area contributed by atoms with Crippen molar-refractivity contribution in [2.45, 2.75) is 25.1 Å². The lowest BCUT2D eigenvalue weighted by Crippen LogP contribution is -2.27. The lowest BCUT2D eigenvalue weighted by Gasteiger charge is -2.22. The van der Waals surface area contributed by atoms with Crippen LogP contribution in [0.25, 0.3) is 0 Å². The lowest BCUT2D eigenvalue weighted by molar-refractivity contribution is 0.168. The summed E-state index contributed by atoms with van der Waals surface area (Å²) < 4.78 is 14.0. The van der Waals surface area contributed by atoms with E-state index < -0.39 is 5.67 Å². The van der Waals surface area contributed by atoms with Crippen molar-refractivity contribution in [1.29, 1.82) is 0 Å². The first-order valence-electron chi connectivity index (χ1n) is 4.77. The van der Waals surface area contributed by atoms with Crippen molar-refractivity contribution in [2.75, 3.05) is 6.54 Å². The Bertz CT molecular complexity index is 321. The van der Waals surface area contributed by atoms with Gasteiger partial charge in [0.25, 0.3) is 0 Å². The standard InChI is InChI=1S/C11H13ClFN/c1-11(13)6-7-14-10(11)8-2-4-9(12)5-3-8/h2-5,10,14H,6-7H2,1H3. The van der Waals surface area contributed by atoms with Crippen LogP contribution in [0, 0.1) is 0 Å².